The van der Waals surface area contributed by atoms with Crippen molar-refractivity contribution in [2.24, 2.45) is 0 Å². The fraction of sp³-hybridized carbons (Fsp3) is 0.429. The van der Waals surface area contributed by atoms with Crippen molar-refractivity contribution in [2.45, 2.75) is 18.9 Å². The van der Waals surface area contributed by atoms with Crippen LogP contribution in [0.3, 0.4) is 0 Å². The molecule has 0 atom stereocenters. The van der Waals surface area contributed by atoms with Crippen LogP contribution in [0, 0.1) is 0 Å². The molecule has 0 aromatic carbocycles. The molecule has 0 bridgehead atoms. The van der Waals surface area contributed by atoms with Crippen molar-refractivity contribution in [3.8, 4) is 0 Å². The van der Waals surface area contributed by atoms with Crippen molar-refractivity contribution < 1.29 is 14.3 Å². The van der Waals surface area contributed by atoms with E-state index in [1.54, 1.807) is 4.90 Å². The number of nitrogens with zero attached hydrogens (tertiary/aromatic N) is 3. The number of amides is 2. The van der Waals surface area contributed by atoms with Gasteiger partial charge in [0.05, 0.1) is 6.20 Å². The lowest BCUT2D eigenvalue weighted by Crippen LogP contribution is -2.46. The molecule has 1 aromatic heterocycles. The number of nitrogens with one attached hydrogen (secondary N) is 1. The van der Waals surface area contributed by atoms with Crippen LogP contribution in [-0.4, -0.2) is 52.6 Å². The summed E-state index contributed by atoms with van der Waals surface area (Å²) in [4.78, 5) is 33.2. The van der Waals surface area contributed by atoms with E-state index >= 15 is 0 Å². The SMILES string of the molecule is C=CCOC(=O)NC1CCN(C(=O)c2cnccn2)CC1. The Kier molecular flexibility index (Phi) is 5.25. The average Bonchev–Trinajstić information content (AvgIpc) is 2.54. The number of carbonyl (C=O) groups excluding carboxylic acids is 2. The normalized spacial score (nSPS) is 15.3. The van der Waals surface area contributed by atoms with E-state index < -0.39 is 6.09 Å². The summed E-state index contributed by atoms with van der Waals surface area (Å²) in [6.45, 7) is 4.81. The summed E-state index contributed by atoms with van der Waals surface area (Å²) >= 11 is 0. The lowest BCUT2D eigenvalue weighted by atomic mass is 10.1. The van der Waals surface area contributed by atoms with Crippen LogP contribution < -0.4 is 5.32 Å². The van der Waals surface area contributed by atoms with Gasteiger partial charge in [-0.2, -0.15) is 0 Å². The third kappa shape index (κ3) is 4.27. The number of piperidine rings is 1. The van der Waals surface area contributed by atoms with Gasteiger partial charge in [0.1, 0.15) is 12.3 Å². The van der Waals surface area contributed by atoms with Gasteiger partial charge in [-0.25, -0.2) is 9.78 Å². The van der Waals surface area contributed by atoms with Gasteiger partial charge in [0.25, 0.3) is 5.91 Å². The Morgan fingerprint density at radius 1 is 1.43 bits per heavy atom. The highest BCUT2D eigenvalue weighted by Crippen LogP contribution is 2.12. The second kappa shape index (κ2) is 7.37. The second-order valence-corrected chi connectivity index (χ2v) is 4.69. The number of ether oxygens (including phenoxy) is 1. The molecule has 1 aliphatic heterocycles. The number of carbonyl (C=O) groups is 2. The molecule has 0 spiro atoms. The van der Waals surface area contributed by atoms with Crippen LogP contribution in [0.15, 0.2) is 31.2 Å². The molecule has 1 aliphatic rings. The fourth-order valence-corrected chi connectivity index (χ4v) is 2.14. The molecular weight excluding hydrogens is 272 g/mol. The first-order valence-corrected chi connectivity index (χ1v) is 6.80. The maximum Gasteiger partial charge on any atom is 0.407 e. The van der Waals surface area contributed by atoms with Crippen LogP contribution >= 0.6 is 0 Å². The quantitative estimate of drug-likeness (QED) is 0.836. The standard InChI is InChI=1S/C14H18N4O3/c1-2-9-21-14(20)17-11-3-7-18(8-4-11)13(19)12-10-15-5-6-16-12/h2,5-6,10-11H,1,3-4,7-9H2,(H,17,20). The van der Waals surface area contributed by atoms with Crippen LogP contribution in [0.25, 0.3) is 0 Å². The van der Waals surface area contributed by atoms with Crippen molar-refractivity contribution in [3.63, 3.8) is 0 Å². The molecule has 0 saturated carbocycles. The van der Waals surface area contributed by atoms with Crippen molar-refractivity contribution in [1.82, 2.24) is 20.2 Å². The minimum absolute atomic E-state index is 0.0215. The Morgan fingerprint density at radius 3 is 2.81 bits per heavy atom. The van der Waals surface area contributed by atoms with Gasteiger partial charge in [-0.05, 0) is 12.8 Å². The molecule has 2 rings (SSSR count). The topological polar surface area (TPSA) is 84.4 Å². The van der Waals surface area contributed by atoms with E-state index in [1.807, 2.05) is 0 Å². The highest BCUT2D eigenvalue weighted by Gasteiger charge is 2.25. The summed E-state index contributed by atoms with van der Waals surface area (Å²) in [5.41, 5.74) is 0.342. The largest absolute Gasteiger partial charge is 0.445 e. The molecule has 7 nitrogen and oxygen atoms in total. The van der Waals surface area contributed by atoms with E-state index in [-0.39, 0.29) is 18.6 Å². The van der Waals surface area contributed by atoms with Crippen molar-refractivity contribution >= 4 is 12.0 Å². The number of hydrogen-bond donors (Lipinski definition) is 1. The molecule has 0 aliphatic carbocycles. The lowest BCUT2D eigenvalue weighted by molar-refractivity contribution is 0.0696. The molecule has 0 unspecified atom stereocenters. The summed E-state index contributed by atoms with van der Waals surface area (Å²) in [7, 11) is 0. The van der Waals surface area contributed by atoms with Gasteiger partial charge in [-0.3, -0.25) is 9.78 Å². The van der Waals surface area contributed by atoms with E-state index in [1.165, 1.54) is 24.7 Å². The molecule has 1 aromatic rings. The molecule has 1 saturated heterocycles. The minimum atomic E-state index is -0.450. The third-order valence-electron chi connectivity index (χ3n) is 3.22. The molecule has 7 heteroatoms. The van der Waals surface area contributed by atoms with Gasteiger partial charge in [0.15, 0.2) is 0 Å². The van der Waals surface area contributed by atoms with E-state index in [4.69, 9.17) is 4.74 Å². The number of likely N-dealkylation sites (tertiary alicyclic amines) is 1. The molecule has 0 radical (unpaired) electrons. The summed E-state index contributed by atoms with van der Waals surface area (Å²) < 4.78 is 4.87. The van der Waals surface area contributed by atoms with Crippen LogP contribution in [0.5, 0.6) is 0 Å². The van der Waals surface area contributed by atoms with Gasteiger partial charge in [-0.1, -0.05) is 12.7 Å². The van der Waals surface area contributed by atoms with Crippen LogP contribution in [-0.2, 0) is 4.74 Å². The summed E-state index contributed by atoms with van der Waals surface area (Å²) in [6.07, 6.45) is 6.93. The summed E-state index contributed by atoms with van der Waals surface area (Å²) in [5.74, 6) is -0.129. The Bertz CT molecular complexity index is 498. The minimum Gasteiger partial charge on any atom is -0.445 e. The zero-order valence-electron chi connectivity index (χ0n) is 11.7. The fourth-order valence-electron chi connectivity index (χ4n) is 2.14. The number of aromatic nitrogens is 2. The van der Waals surface area contributed by atoms with Crippen molar-refractivity contribution in [2.75, 3.05) is 19.7 Å². The first kappa shape index (κ1) is 15.0. The average molecular weight is 290 g/mol. The van der Waals surface area contributed by atoms with E-state index in [9.17, 15) is 9.59 Å². The molecular formula is C14H18N4O3. The zero-order chi connectivity index (χ0) is 15.1. The molecule has 1 fully saturated rings. The second-order valence-electron chi connectivity index (χ2n) is 4.69. The van der Waals surface area contributed by atoms with Crippen LogP contribution in [0.4, 0.5) is 4.79 Å². The zero-order valence-corrected chi connectivity index (χ0v) is 11.7. The van der Waals surface area contributed by atoms with E-state index in [0.717, 1.165) is 0 Å². The number of rotatable bonds is 4. The first-order chi connectivity index (χ1) is 10.2. The Hall–Kier alpha value is -2.44. The van der Waals surface area contributed by atoms with Crippen molar-refractivity contribution in [1.29, 1.82) is 0 Å². The smallest absolute Gasteiger partial charge is 0.407 e. The van der Waals surface area contributed by atoms with Gasteiger partial charge in [0, 0.05) is 31.5 Å². The monoisotopic (exact) mass is 290 g/mol. The number of hydrogen-bond acceptors (Lipinski definition) is 5. The maximum absolute atomic E-state index is 12.2. The van der Waals surface area contributed by atoms with E-state index in [2.05, 4.69) is 21.9 Å². The first-order valence-electron chi connectivity index (χ1n) is 6.80. The predicted molar refractivity (Wildman–Crippen MR) is 75.6 cm³/mol. The highest BCUT2D eigenvalue weighted by molar-refractivity contribution is 5.92. The molecule has 21 heavy (non-hydrogen) atoms. The Balaban J connectivity index is 1.79. The van der Waals surface area contributed by atoms with Crippen molar-refractivity contribution in [3.05, 3.63) is 36.9 Å². The van der Waals surface area contributed by atoms with Gasteiger partial charge < -0.3 is 15.0 Å². The van der Waals surface area contributed by atoms with Gasteiger partial charge in [-0.15, -0.1) is 0 Å². The summed E-state index contributed by atoms with van der Waals surface area (Å²) in [5, 5.41) is 2.78. The lowest BCUT2D eigenvalue weighted by Gasteiger charge is -2.31. The molecule has 2 amide bonds. The highest BCUT2D eigenvalue weighted by atomic mass is 16.5. The molecule has 1 N–H and O–H groups in total. The molecule has 112 valence electrons. The number of alkyl carbamates (subject to hydrolysis) is 1. The third-order valence-corrected chi connectivity index (χ3v) is 3.22. The Morgan fingerprint density at radius 2 is 2.19 bits per heavy atom. The van der Waals surface area contributed by atoms with Gasteiger partial charge in [0.2, 0.25) is 0 Å². The predicted octanol–water partition coefficient (Wildman–Crippen LogP) is 0.993. The van der Waals surface area contributed by atoms with Gasteiger partial charge >= 0.3 is 6.09 Å². The molecule has 2 heterocycles. The summed E-state index contributed by atoms with van der Waals surface area (Å²) in [6, 6.07) is 0.0215. The maximum atomic E-state index is 12.2. The Labute approximate surface area is 123 Å². The van der Waals surface area contributed by atoms with E-state index in [0.29, 0.717) is 31.6 Å². The van der Waals surface area contributed by atoms with Crippen LogP contribution in [0.1, 0.15) is 23.3 Å². The van der Waals surface area contributed by atoms with Crippen LogP contribution in [0.2, 0.25) is 0 Å².